The summed E-state index contributed by atoms with van der Waals surface area (Å²) in [5, 5.41) is 7.90. The van der Waals surface area contributed by atoms with Gasteiger partial charge in [0.2, 0.25) is 0 Å². The number of aryl methyl sites for hydroxylation is 1. The Balaban J connectivity index is 2.15. The topological polar surface area (TPSA) is 64.3 Å². The summed E-state index contributed by atoms with van der Waals surface area (Å²) in [5.74, 6) is 0.830. The Morgan fingerprint density at radius 3 is 3.06 bits per heavy atom. The number of imidazole rings is 1. The molecule has 6 nitrogen and oxygen atoms in total. The second-order valence-electron chi connectivity index (χ2n) is 3.90. The van der Waals surface area contributed by atoms with Crippen LogP contribution in [-0.2, 0) is 13.6 Å². The van der Waals surface area contributed by atoms with Gasteiger partial charge in [0.05, 0.1) is 12.1 Å². The van der Waals surface area contributed by atoms with Gasteiger partial charge < -0.3 is 9.55 Å². The van der Waals surface area contributed by atoms with Crippen LogP contribution >= 0.6 is 28.1 Å². The first kappa shape index (κ1) is 11.5. The summed E-state index contributed by atoms with van der Waals surface area (Å²) in [4.78, 5) is 7.50. The fraction of sp³-hybridized carbons (Fsp3) is 0.200. The highest BCUT2D eigenvalue weighted by Gasteiger charge is 2.09. The fourth-order valence-corrected chi connectivity index (χ4v) is 2.35. The number of nitrogens with zero attached hydrogens (tertiary/aromatic N) is 5. The molecule has 0 spiro atoms. The summed E-state index contributed by atoms with van der Waals surface area (Å²) in [6.07, 6.45) is 3.41. The van der Waals surface area contributed by atoms with Crippen LogP contribution in [0.3, 0.4) is 0 Å². The van der Waals surface area contributed by atoms with Gasteiger partial charge in [-0.3, -0.25) is 4.57 Å². The standard InChI is InChI=1S/C10H9BrN6S/c1-16-5-13-15-8(16)4-17-9-7(14-10(17)18)2-6(11)3-12-9/h2-3,5H,4H2,1H3,(H,14,18). The zero-order valence-electron chi connectivity index (χ0n) is 9.46. The lowest BCUT2D eigenvalue weighted by Gasteiger charge is -2.02. The van der Waals surface area contributed by atoms with E-state index in [1.165, 1.54) is 0 Å². The first-order chi connectivity index (χ1) is 8.65. The van der Waals surface area contributed by atoms with E-state index in [0.717, 1.165) is 21.5 Å². The molecule has 0 aromatic carbocycles. The maximum Gasteiger partial charge on any atom is 0.179 e. The van der Waals surface area contributed by atoms with E-state index in [2.05, 4.69) is 36.1 Å². The predicted molar refractivity (Wildman–Crippen MR) is 72.7 cm³/mol. The van der Waals surface area contributed by atoms with Crippen molar-refractivity contribution < 1.29 is 0 Å². The SMILES string of the molecule is Cn1cnnc1Cn1c(=S)[nH]c2cc(Br)cnc21. The van der Waals surface area contributed by atoms with Gasteiger partial charge in [-0.05, 0) is 34.2 Å². The maximum absolute atomic E-state index is 5.31. The lowest BCUT2D eigenvalue weighted by Crippen LogP contribution is -2.06. The van der Waals surface area contributed by atoms with Gasteiger partial charge in [0.15, 0.2) is 16.2 Å². The zero-order chi connectivity index (χ0) is 12.7. The van der Waals surface area contributed by atoms with Crippen molar-refractivity contribution >= 4 is 39.3 Å². The van der Waals surface area contributed by atoms with Gasteiger partial charge >= 0.3 is 0 Å². The van der Waals surface area contributed by atoms with Gasteiger partial charge in [-0.15, -0.1) is 10.2 Å². The third-order valence-electron chi connectivity index (χ3n) is 2.68. The van der Waals surface area contributed by atoms with Crippen LogP contribution in [0.25, 0.3) is 11.2 Å². The smallest absolute Gasteiger partial charge is 0.179 e. The first-order valence-corrected chi connectivity index (χ1v) is 6.42. The van der Waals surface area contributed by atoms with Gasteiger partial charge in [0, 0.05) is 17.7 Å². The highest BCUT2D eigenvalue weighted by atomic mass is 79.9. The van der Waals surface area contributed by atoms with E-state index in [-0.39, 0.29) is 0 Å². The fourth-order valence-electron chi connectivity index (χ4n) is 1.76. The van der Waals surface area contributed by atoms with Gasteiger partial charge in [-0.1, -0.05) is 0 Å². The molecule has 0 atom stereocenters. The molecule has 0 saturated carbocycles. The summed E-state index contributed by atoms with van der Waals surface area (Å²) in [7, 11) is 1.90. The molecule has 0 aliphatic carbocycles. The van der Waals surface area contributed by atoms with E-state index < -0.39 is 0 Å². The molecule has 8 heteroatoms. The van der Waals surface area contributed by atoms with E-state index in [1.807, 2.05) is 22.2 Å². The lowest BCUT2D eigenvalue weighted by atomic mass is 10.4. The molecular formula is C10H9BrN6S. The van der Waals surface area contributed by atoms with Gasteiger partial charge in [0.25, 0.3) is 0 Å². The Morgan fingerprint density at radius 2 is 2.33 bits per heavy atom. The second kappa shape index (κ2) is 4.29. The molecule has 0 aliphatic heterocycles. The summed E-state index contributed by atoms with van der Waals surface area (Å²) in [5.41, 5.74) is 1.71. The molecule has 3 aromatic heterocycles. The summed E-state index contributed by atoms with van der Waals surface area (Å²) in [6.45, 7) is 0.546. The van der Waals surface area contributed by atoms with Crippen molar-refractivity contribution in [2.24, 2.45) is 7.05 Å². The molecule has 0 aliphatic rings. The molecule has 1 N–H and O–H groups in total. The minimum absolute atomic E-state index is 0.546. The second-order valence-corrected chi connectivity index (χ2v) is 5.20. The quantitative estimate of drug-likeness (QED) is 0.732. The van der Waals surface area contributed by atoms with Crippen molar-refractivity contribution in [1.29, 1.82) is 0 Å². The lowest BCUT2D eigenvalue weighted by molar-refractivity contribution is 0.700. The molecule has 0 saturated heterocycles. The molecule has 0 radical (unpaired) electrons. The van der Waals surface area contributed by atoms with Gasteiger partial charge in [-0.2, -0.15) is 0 Å². The van der Waals surface area contributed by atoms with Crippen LogP contribution in [0.15, 0.2) is 23.1 Å². The Hall–Kier alpha value is -1.54. The van der Waals surface area contributed by atoms with Gasteiger partial charge in [0.1, 0.15) is 6.33 Å². The number of hydrogen-bond donors (Lipinski definition) is 1. The van der Waals surface area contributed by atoms with Crippen molar-refractivity contribution in [3.05, 3.63) is 33.7 Å². The van der Waals surface area contributed by atoms with Crippen LogP contribution in [-0.4, -0.2) is 29.3 Å². The Labute approximate surface area is 116 Å². The zero-order valence-corrected chi connectivity index (χ0v) is 11.9. The molecule has 3 heterocycles. The van der Waals surface area contributed by atoms with Crippen LogP contribution in [0, 0.1) is 4.77 Å². The molecule has 3 aromatic rings. The first-order valence-electron chi connectivity index (χ1n) is 5.22. The summed E-state index contributed by atoms with van der Waals surface area (Å²) >= 11 is 8.69. The highest BCUT2D eigenvalue weighted by molar-refractivity contribution is 9.10. The number of halogens is 1. The number of aromatic amines is 1. The normalized spacial score (nSPS) is 11.2. The van der Waals surface area contributed by atoms with Crippen LogP contribution in [0.4, 0.5) is 0 Å². The number of fused-ring (bicyclic) bond motifs is 1. The molecule has 18 heavy (non-hydrogen) atoms. The maximum atomic E-state index is 5.31. The predicted octanol–water partition coefficient (Wildman–Crippen LogP) is 2.03. The van der Waals surface area contributed by atoms with E-state index in [0.29, 0.717) is 11.3 Å². The summed E-state index contributed by atoms with van der Waals surface area (Å²) < 4.78 is 5.30. The molecule has 92 valence electrons. The van der Waals surface area contributed by atoms with Crippen molar-refractivity contribution in [2.45, 2.75) is 6.54 Å². The molecule has 0 bridgehead atoms. The van der Waals surface area contributed by atoms with E-state index in [4.69, 9.17) is 12.2 Å². The number of H-pyrrole nitrogens is 1. The van der Waals surface area contributed by atoms with Crippen molar-refractivity contribution in [2.75, 3.05) is 0 Å². The average molecular weight is 325 g/mol. The Kier molecular flexibility index (Phi) is 2.75. The highest BCUT2D eigenvalue weighted by Crippen LogP contribution is 2.17. The third-order valence-corrected chi connectivity index (χ3v) is 3.44. The number of aromatic nitrogens is 6. The van der Waals surface area contributed by atoms with E-state index >= 15 is 0 Å². The molecule has 0 amide bonds. The molecule has 0 unspecified atom stereocenters. The van der Waals surface area contributed by atoms with Crippen LogP contribution in [0.1, 0.15) is 5.82 Å². The Morgan fingerprint density at radius 1 is 1.50 bits per heavy atom. The van der Waals surface area contributed by atoms with Crippen molar-refractivity contribution in [3.8, 4) is 0 Å². The average Bonchev–Trinajstić information content (AvgIpc) is 2.85. The number of nitrogens with one attached hydrogen (secondary N) is 1. The minimum atomic E-state index is 0.546. The van der Waals surface area contributed by atoms with Crippen LogP contribution in [0.5, 0.6) is 0 Å². The molecular weight excluding hydrogens is 316 g/mol. The van der Waals surface area contributed by atoms with Crippen LogP contribution in [0.2, 0.25) is 0 Å². The third kappa shape index (κ3) is 1.87. The number of pyridine rings is 1. The van der Waals surface area contributed by atoms with Gasteiger partial charge in [-0.25, -0.2) is 4.98 Å². The monoisotopic (exact) mass is 324 g/mol. The number of hydrogen-bond acceptors (Lipinski definition) is 4. The van der Waals surface area contributed by atoms with Crippen molar-refractivity contribution in [1.82, 2.24) is 29.3 Å². The van der Waals surface area contributed by atoms with Crippen molar-refractivity contribution in [3.63, 3.8) is 0 Å². The Bertz CT molecular complexity index is 770. The summed E-state index contributed by atoms with van der Waals surface area (Å²) in [6, 6.07) is 1.95. The van der Waals surface area contributed by atoms with E-state index in [1.54, 1.807) is 12.5 Å². The van der Waals surface area contributed by atoms with Crippen LogP contribution < -0.4 is 0 Å². The largest absolute Gasteiger partial charge is 0.329 e. The number of rotatable bonds is 2. The minimum Gasteiger partial charge on any atom is -0.329 e. The van der Waals surface area contributed by atoms with E-state index in [9.17, 15) is 0 Å². The molecule has 3 rings (SSSR count). The molecule has 0 fully saturated rings.